The van der Waals surface area contributed by atoms with Gasteiger partial charge >= 0.3 is 5.97 Å². The van der Waals surface area contributed by atoms with Crippen LogP contribution in [-0.2, 0) is 16.1 Å². The largest absolute Gasteiger partial charge is 0.480 e. The summed E-state index contributed by atoms with van der Waals surface area (Å²) in [6.45, 7) is -0.411. The van der Waals surface area contributed by atoms with Crippen LogP contribution in [0.1, 0.15) is 5.89 Å². The van der Waals surface area contributed by atoms with Gasteiger partial charge in [0, 0.05) is 10.0 Å². The number of aliphatic carboxylic acids is 1. The van der Waals surface area contributed by atoms with Crippen molar-refractivity contribution in [2.75, 3.05) is 6.61 Å². The summed E-state index contributed by atoms with van der Waals surface area (Å²) in [6, 6.07) is 7.39. The average molecular weight is 313 g/mol. The van der Waals surface area contributed by atoms with Crippen molar-refractivity contribution in [3.8, 4) is 11.5 Å². The molecule has 0 unspecified atom stereocenters. The van der Waals surface area contributed by atoms with E-state index >= 15 is 0 Å². The number of halogens is 1. The molecule has 0 fully saturated rings. The summed E-state index contributed by atoms with van der Waals surface area (Å²) in [4.78, 5) is 10.3. The fraction of sp³-hybridized carbons (Fsp3) is 0.182. The number of aromatic nitrogens is 2. The summed E-state index contributed by atoms with van der Waals surface area (Å²) >= 11 is 3.33. The highest BCUT2D eigenvalue weighted by molar-refractivity contribution is 9.10. The third-order valence-electron chi connectivity index (χ3n) is 2.01. The highest BCUT2D eigenvalue weighted by atomic mass is 79.9. The molecule has 18 heavy (non-hydrogen) atoms. The van der Waals surface area contributed by atoms with Gasteiger partial charge in [0.1, 0.15) is 13.2 Å². The quantitative estimate of drug-likeness (QED) is 0.910. The minimum Gasteiger partial charge on any atom is -0.480 e. The molecule has 1 heterocycles. The molecule has 0 atom stereocenters. The van der Waals surface area contributed by atoms with Crippen molar-refractivity contribution in [1.29, 1.82) is 0 Å². The van der Waals surface area contributed by atoms with Crippen LogP contribution in [0.2, 0.25) is 0 Å². The van der Waals surface area contributed by atoms with Crippen molar-refractivity contribution in [2.45, 2.75) is 6.61 Å². The van der Waals surface area contributed by atoms with Crippen LogP contribution in [0.25, 0.3) is 11.5 Å². The predicted octanol–water partition coefficient (Wildman–Crippen LogP) is 2.10. The monoisotopic (exact) mass is 312 g/mol. The highest BCUT2D eigenvalue weighted by Crippen LogP contribution is 2.20. The molecule has 1 N–H and O–H groups in total. The Labute approximate surface area is 111 Å². The first-order valence-corrected chi connectivity index (χ1v) is 5.82. The molecule has 0 aliphatic heterocycles. The molecule has 2 rings (SSSR count). The minimum atomic E-state index is -1.04. The highest BCUT2D eigenvalue weighted by Gasteiger charge is 2.09. The lowest BCUT2D eigenvalue weighted by atomic mass is 10.2. The number of hydrogen-bond acceptors (Lipinski definition) is 5. The molecular weight excluding hydrogens is 304 g/mol. The topological polar surface area (TPSA) is 85.5 Å². The van der Waals surface area contributed by atoms with E-state index in [0.717, 1.165) is 10.0 Å². The van der Waals surface area contributed by atoms with Gasteiger partial charge in [-0.25, -0.2) is 4.79 Å². The number of ether oxygens (including phenoxy) is 1. The normalized spacial score (nSPS) is 10.5. The second kappa shape index (κ2) is 5.74. The first-order valence-electron chi connectivity index (χ1n) is 5.03. The molecule has 0 saturated carbocycles. The first kappa shape index (κ1) is 12.7. The van der Waals surface area contributed by atoms with Gasteiger partial charge in [-0.15, -0.1) is 10.2 Å². The van der Waals surface area contributed by atoms with Gasteiger partial charge in [-0.1, -0.05) is 15.9 Å². The van der Waals surface area contributed by atoms with Gasteiger partial charge in [0.25, 0.3) is 0 Å². The fourth-order valence-electron chi connectivity index (χ4n) is 1.25. The molecule has 0 amide bonds. The SMILES string of the molecule is O=C(O)COCc1nnc(-c2ccc(Br)cc2)o1. The number of carboxylic acids is 1. The van der Waals surface area contributed by atoms with E-state index in [0.29, 0.717) is 5.89 Å². The van der Waals surface area contributed by atoms with Crippen LogP contribution in [0.3, 0.4) is 0 Å². The van der Waals surface area contributed by atoms with Gasteiger partial charge in [-0.2, -0.15) is 0 Å². The summed E-state index contributed by atoms with van der Waals surface area (Å²) in [5.74, 6) is -0.423. The Hall–Kier alpha value is -1.73. The molecule has 0 aliphatic carbocycles. The Morgan fingerprint density at radius 1 is 1.33 bits per heavy atom. The van der Waals surface area contributed by atoms with Crippen molar-refractivity contribution >= 4 is 21.9 Å². The summed E-state index contributed by atoms with van der Waals surface area (Å²) in [5.41, 5.74) is 0.787. The Bertz CT molecular complexity index is 538. The third kappa shape index (κ3) is 3.38. The lowest BCUT2D eigenvalue weighted by Gasteiger charge is -1.96. The maximum atomic E-state index is 10.3. The number of rotatable bonds is 5. The van der Waals surface area contributed by atoms with Gasteiger partial charge in [-0.05, 0) is 24.3 Å². The molecule has 0 saturated heterocycles. The Morgan fingerprint density at radius 2 is 2.06 bits per heavy atom. The van der Waals surface area contributed by atoms with E-state index in [9.17, 15) is 4.79 Å². The number of carboxylic acid groups (broad SMARTS) is 1. The molecule has 0 radical (unpaired) electrons. The van der Waals surface area contributed by atoms with Crippen LogP contribution in [0, 0.1) is 0 Å². The Morgan fingerprint density at radius 3 is 2.72 bits per heavy atom. The number of benzene rings is 1. The molecule has 94 valence electrons. The summed E-state index contributed by atoms with van der Waals surface area (Å²) in [5, 5.41) is 16.0. The number of hydrogen-bond donors (Lipinski definition) is 1. The van der Waals surface area contributed by atoms with Gasteiger partial charge in [0.15, 0.2) is 0 Å². The zero-order valence-electron chi connectivity index (χ0n) is 9.17. The van der Waals surface area contributed by atoms with Crippen molar-refractivity contribution in [2.24, 2.45) is 0 Å². The van der Waals surface area contributed by atoms with Crippen LogP contribution in [0.15, 0.2) is 33.2 Å². The van der Waals surface area contributed by atoms with Crippen LogP contribution in [0.4, 0.5) is 0 Å². The summed E-state index contributed by atoms with van der Waals surface area (Å²) in [6.07, 6.45) is 0. The van der Waals surface area contributed by atoms with E-state index in [2.05, 4.69) is 26.1 Å². The number of carbonyl (C=O) groups is 1. The summed E-state index contributed by atoms with van der Waals surface area (Å²) in [7, 11) is 0. The smallest absolute Gasteiger partial charge is 0.329 e. The van der Waals surface area contributed by atoms with E-state index in [1.54, 1.807) is 0 Å². The van der Waals surface area contributed by atoms with Crippen LogP contribution >= 0.6 is 15.9 Å². The van der Waals surface area contributed by atoms with Crippen LogP contribution in [-0.4, -0.2) is 27.9 Å². The minimum absolute atomic E-state index is 0.0180. The van der Waals surface area contributed by atoms with Gasteiger partial charge in [0.2, 0.25) is 11.8 Å². The maximum Gasteiger partial charge on any atom is 0.329 e. The molecular formula is C11H9BrN2O4. The predicted molar refractivity (Wildman–Crippen MR) is 64.7 cm³/mol. The first-order chi connectivity index (χ1) is 8.65. The van der Waals surface area contributed by atoms with Gasteiger partial charge < -0.3 is 14.3 Å². The number of nitrogens with zero attached hydrogens (tertiary/aromatic N) is 2. The summed E-state index contributed by atoms with van der Waals surface area (Å²) < 4.78 is 11.1. The van der Waals surface area contributed by atoms with Crippen molar-refractivity contribution < 1.29 is 19.1 Å². The van der Waals surface area contributed by atoms with E-state index in [4.69, 9.17) is 14.3 Å². The van der Waals surface area contributed by atoms with Crippen LogP contribution < -0.4 is 0 Å². The molecule has 0 spiro atoms. The molecule has 0 bridgehead atoms. The molecule has 0 aliphatic rings. The Kier molecular flexibility index (Phi) is 4.06. The van der Waals surface area contributed by atoms with E-state index in [1.165, 1.54) is 0 Å². The second-order valence-electron chi connectivity index (χ2n) is 3.39. The third-order valence-corrected chi connectivity index (χ3v) is 2.54. The van der Waals surface area contributed by atoms with Crippen molar-refractivity contribution in [3.63, 3.8) is 0 Å². The molecule has 1 aromatic carbocycles. The zero-order valence-corrected chi connectivity index (χ0v) is 10.8. The molecule has 1 aromatic heterocycles. The van der Waals surface area contributed by atoms with E-state index in [-0.39, 0.29) is 12.5 Å². The zero-order chi connectivity index (χ0) is 13.0. The molecule has 6 nitrogen and oxygen atoms in total. The van der Waals surface area contributed by atoms with Crippen molar-refractivity contribution in [1.82, 2.24) is 10.2 Å². The van der Waals surface area contributed by atoms with Crippen LogP contribution in [0.5, 0.6) is 0 Å². The van der Waals surface area contributed by atoms with Gasteiger partial charge in [-0.3, -0.25) is 0 Å². The van der Waals surface area contributed by atoms with E-state index < -0.39 is 12.6 Å². The lowest BCUT2D eigenvalue weighted by molar-refractivity contribution is -0.142. The van der Waals surface area contributed by atoms with Gasteiger partial charge in [0.05, 0.1) is 0 Å². The second-order valence-corrected chi connectivity index (χ2v) is 4.31. The standard InChI is InChI=1S/C11H9BrN2O4/c12-8-3-1-7(2-4-8)11-14-13-9(18-11)5-17-6-10(15)16/h1-4H,5-6H2,(H,15,16). The fourth-order valence-corrected chi connectivity index (χ4v) is 1.51. The lowest BCUT2D eigenvalue weighted by Crippen LogP contribution is -2.06. The average Bonchev–Trinajstić information content (AvgIpc) is 2.78. The Balaban J connectivity index is 2.01. The molecule has 2 aromatic rings. The van der Waals surface area contributed by atoms with E-state index in [1.807, 2.05) is 24.3 Å². The molecule has 7 heteroatoms. The van der Waals surface area contributed by atoms with Crippen molar-refractivity contribution in [3.05, 3.63) is 34.6 Å². The maximum absolute atomic E-state index is 10.3.